The van der Waals surface area contributed by atoms with Crippen LogP contribution in [-0.2, 0) is 6.42 Å². The van der Waals surface area contributed by atoms with Crippen LogP contribution >= 0.6 is 0 Å². The molecule has 0 atom stereocenters. The number of carbonyl (C=O) groups excluding carboxylic acids is 1. The van der Waals surface area contributed by atoms with Gasteiger partial charge >= 0.3 is 0 Å². The largest absolute Gasteiger partial charge is 0.497 e. The first kappa shape index (κ1) is 21.8. The minimum atomic E-state index is 0.0909. The molecular weight excluding hydrogens is 402 g/mol. The minimum absolute atomic E-state index is 0.0909. The molecule has 7 nitrogen and oxygen atoms in total. The highest BCUT2D eigenvalue weighted by molar-refractivity contribution is 5.94. The molecule has 0 aliphatic carbocycles. The lowest BCUT2D eigenvalue weighted by molar-refractivity contribution is 0.0664. The second-order valence-corrected chi connectivity index (χ2v) is 7.99. The van der Waals surface area contributed by atoms with E-state index in [4.69, 9.17) is 4.74 Å². The van der Waals surface area contributed by atoms with Gasteiger partial charge in [-0.15, -0.1) is 0 Å². The van der Waals surface area contributed by atoms with Gasteiger partial charge in [0, 0.05) is 49.9 Å². The van der Waals surface area contributed by atoms with Crippen LogP contribution in [0, 0.1) is 0 Å². The van der Waals surface area contributed by atoms with Crippen LogP contribution in [0.3, 0.4) is 0 Å². The van der Waals surface area contributed by atoms with Gasteiger partial charge in [-0.25, -0.2) is 9.97 Å². The lowest BCUT2D eigenvalue weighted by Gasteiger charge is -2.32. The van der Waals surface area contributed by atoms with Crippen molar-refractivity contribution in [3.8, 4) is 17.0 Å². The summed E-state index contributed by atoms with van der Waals surface area (Å²) in [6, 6.07) is 17.7. The molecule has 1 aliphatic rings. The van der Waals surface area contributed by atoms with Gasteiger partial charge in [-0.1, -0.05) is 24.3 Å². The Hall–Kier alpha value is -3.45. The van der Waals surface area contributed by atoms with Crippen LogP contribution in [0.1, 0.15) is 15.9 Å². The van der Waals surface area contributed by atoms with Gasteiger partial charge in [-0.3, -0.25) is 4.79 Å². The Kier molecular flexibility index (Phi) is 6.97. The minimum Gasteiger partial charge on any atom is -0.497 e. The molecule has 4 rings (SSSR count). The van der Waals surface area contributed by atoms with E-state index in [1.165, 1.54) is 5.56 Å². The van der Waals surface area contributed by atoms with Crippen molar-refractivity contribution in [2.75, 3.05) is 52.2 Å². The highest BCUT2D eigenvalue weighted by atomic mass is 16.5. The summed E-state index contributed by atoms with van der Waals surface area (Å²) in [5.41, 5.74) is 3.73. The van der Waals surface area contributed by atoms with Crippen LogP contribution in [0.25, 0.3) is 11.3 Å². The number of likely N-dealkylation sites (N-methyl/N-ethyl adjacent to an activating group) is 1. The Morgan fingerprint density at radius 2 is 1.72 bits per heavy atom. The number of methoxy groups -OCH3 is 1. The molecule has 1 amide bonds. The topological polar surface area (TPSA) is 70.6 Å². The number of benzene rings is 2. The smallest absolute Gasteiger partial charge is 0.253 e. The number of anilines is 1. The van der Waals surface area contributed by atoms with E-state index in [0.717, 1.165) is 62.0 Å². The first-order valence-electron chi connectivity index (χ1n) is 10.9. The van der Waals surface area contributed by atoms with Crippen LogP contribution < -0.4 is 10.1 Å². The zero-order valence-corrected chi connectivity index (χ0v) is 18.6. The number of carbonyl (C=O) groups is 1. The summed E-state index contributed by atoms with van der Waals surface area (Å²) in [6.07, 6.45) is 2.45. The Morgan fingerprint density at radius 1 is 1.00 bits per heavy atom. The van der Waals surface area contributed by atoms with Crippen LogP contribution in [0.4, 0.5) is 5.82 Å². The summed E-state index contributed by atoms with van der Waals surface area (Å²) in [6.45, 7) is 4.14. The monoisotopic (exact) mass is 431 g/mol. The summed E-state index contributed by atoms with van der Waals surface area (Å²) < 4.78 is 5.20. The van der Waals surface area contributed by atoms with Gasteiger partial charge in [-0.2, -0.15) is 0 Å². The molecule has 0 saturated carbocycles. The van der Waals surface area contributed by atoms with E-state index in [0.29, 0.717) is 5.56 Å². The molecule has 1 aliphatic heterocycles. The van der Waals surface area contributed by atoms with Crippen molar-refractivity contribution < 1.29 is 9.53 Å². The molecule has 0 bridgehead atoms. The second-order valence-electron chi connectivity index (χ2n) is 7.99. The molecule has 7 heteroatoms. The van der Waals surface area contributed by atoms with Gasteiger partial charge in [0.05, 0.1) is 12.8 Å². The highest BCUT2D eigenvalue weighted by Crippen LogP contribution is 2.20. The molecule has 0 spiro atoms. The molecule has 2 aromatic carbocycles. The molecule has 2 heterocycles. The first-order chi connectivity index (χ1) is 15.6. The molecule has 166 valence electrons. The van der Waals surface area contributed by atoms with E-state index in [9.17, 15) is 4.79 Å². The second kappa shape index (κ2) is 10.2. The average molecular weight is 432 g/mol. The quantitative estimate of drug-likeness (QED) is 0.620. The van der Waals surface area contributed by atoms with Gasteiger partial charge in [-0.05, 0) is 43.3 Å². The Balaban J connectivity index is 1.35. The van der Waals surface area contributed by atoms with E-state index in [1.807, 2.05) is 47.4 Å². The average Bonchev–Trinajstić information content (AvgIpc) is 2.85. The molecule has 0 unspecified atom stereocenters. The molecule has 3 aromatic rings. The summed E-state index contributed by atoms with van der Waals surface area (Å²) in [4.78, 5) is 25.6. The zero-order valence-electron chi connectivity index (χ0n) is 18.6. The van der Waals surface area contributed by atoms with Gasteiger partial charge in [0.2, 0.25) is 0 Å². The fourth-order valence-electron chi connectivity index (χ4n) is 3.71. The molecule has 1 fully saturated rings. The van der Waals surface area contributed by atoms with Crippen molar-refractivity contribution in [3.05, 3.63) is 72.1 Å². The molecule has 1 N–H and O–H groups in total. The maximum absolute atomic E-state index is 12.7. The Bertz CT molecular complexity index is 1030. The SMILES string of the molecule is COc1ccc(CCNc2cc(-c3ccc(C(=O)N4CCN(C)CC4)cc3)ncn2)cc1. The third-order valence-corrected chi connectivity index (χ3v) is 5.76. The van der Waals surface area contributed by atoms with Crippen molar-refractivity contribution >= 4 is 11.7 Å². The highest BCUT2D eigenvalue weighted by Gasteiger charge is 2.20. The van der Waals surface area contributed by atoms with Crippen LogP contribution in [0.5, 0.6) is 5.75 Å². The van der Waals surface area contributed by atoms with E-state index < -0.39 is 0 Å². The van der Waals surface area contributed by atoms with E-state index in [1.54, 1.807) is 13.4 Å². The van der Waals surface area contributed by atoms with Gasteiger partial charge in [0.1, 0.15) is 17.9 Å². The maximum atomic E-state index is 12.7. The predicted octanol–water partition coefficient (Wildman–Crippen LogP) is 3.19. The van der Waals surface area contributed by atoms with Gasteiger partial charge in [0.25, 0.3) is 5.91 Å². The maximum Gasteiger partial charge on any atom is 0.253 e. The van der Waals surface area contributed by atoms with Crippen LogP contribution in [0.2, 0.25) is 0 Å². The normalized spacial score (nSPS) is 14.2. The molecule has 32 heavy (non-hydrogen) atoms. The van der Waals surface area contributed by atoms with Gasteiger partial charge in [0.15, 0.2) is 0 Å². The van der Waals surface area contributed by atoms with Crippen molar-refractivity contribution in [3.63, 3.8) is 0 Å². The van der Waals surface area contributed by atoms with Crippen molar-refractivity contribution in [2.45, 2.75) is 6.42 Å². The summed E-state index contributed by atoms with van der Waals surface area (Å²) in [5.74, 6) is 1.73. The number of hydrogen-bond donors (Lipinski definition) is 1. The third kappa shape index (κ3) is 5.42. The fraction of sp³-hybridized carbons (Fsp3) is 0.320. The van der Waals surface area contributed by atoms with Gasteiger partial charge < -0.3 is 19.9 Å². The van der Waals surface area contributed by atoms with Crippen LogP contribution in [-0.4, -0.2) is 72.6 Å². The van der Waals surface area contributed by atoms with E-state index >= 15 is 0 Å². The number of amides is 1. The summed E-state index contributed by atoms with van der Waals surface area (Å²) in [5, 5.41) is 3.36. The van der Waals surface area contributed by atoms with Crippen molar-refractivity contribution in [2.24, 2.45) is 0 Å². The molecule has 1 saturated heterocycles. The third-order valence-electron chi connectivity index (χ3n) is 5.76. The molecule has 0 radical (unpaired) electrons. The number of ether oxygens (including phenoxy) is 1. The summed E-state index contributed by atoms with van der Waals surface area (Å²) in [7, 11) is 3.75. The predicted molar refractivity (Wildman–Crippen MR) is 126 cm³/mol. The number of aromatic nitrogens is 2. The number of piperazine rings is 1. The lowest BCUT2D eigenvalue weighted by atomic mass is 10.1. The van der Waals surface area contributed by atoms with Crippen LogP contribution in [0.15, 0.2) is 60.9 Å². The number of nitrogens with zero attached hydrogens (tertiary/aromatic N) is 4. The Labute approximate surface area is 189 Å². The number of rotatable bonds is 7. The van der Waals surface area contributed by atoms with E-state index in [-0.39, 0.29) is 5.91 Å². The molecular formula is C25H29N5O2. The first-order valence-corrected chi connectivity index (χ1v) is 10.9. The van der Waals surface area contributed by atoms with Crippen molar-refractivity contribution in [1.82, 2.24) is 19.8 Å². The summed E-state index contributed by atoms with van der Waals surface area (Å²) >= 11 is 0. The fourth-order valence-corrected chi connectivity index (χ4v) is 3.71. The van der Waals surface area contributed by atoms with E-state index in [2.05, 4.69) is 39.4 Å². The number of nitrogens with one attached hydrogen (secondary N) is 1. The number of hydrogen-bond acceptors (Lipinski definition) is 6. The zero-order chi connectivity index (χ0) is 22.3. The molecule has 1 aromatic heterocycles. The lowest BCUT2D eigenvalue weighted by Crippen LogP contribution is -2.47. The standard InChI is InChI=1S/C25H29N5O2/c1-29-13-15-30(16-14-29)25(31)21-7-5-20(6-8-21)23-17-24(28-18-27-23)26-12-11-19-3-9-22(32-2)10-4-19/h3-10,17-18H,11-16H2,1-2H3,(H,26,27,28). The van der Waals surface area contributed by atoms with Crippen molar-refractivity contribution in [1.29, 1.82) is 0 Å². The Morgan fingerprint density at radius 3 is 2.41 bits per heavy atom.